The van der Waals surface area contributed by atoms with Crippen molar-refractivity contribution in [1.82, 2.24) is 0 Å². The normalized spacial score (nSPS) is 12.4. The molecule has 2 nitrogen and oxygen atoms in total. The van der Waals surface area contributed by atoms with Gasteiger partial charge in [-0.1, -0.05) is 59.2 Å². The fourth-order valence-corrected chi connectivity index (χ4v) is 2.16. The fourth-order valence-electron chi connectivity index (χ4n) is 2.16. The van der Waals surface area contributed by atoms with Gasteiger partial charge in [-0.25, -0.2) is 0 Å². The lowest BCUT2D eigenvalue weighted by Gasteiger charge is -2.30. The zero-order valence-electron chi connectivity index (χ0n) is 13.3. The van der Waals surface area contributed by atoms with Gasteiger partial charge in [-0.2, -0.15) is 0 Å². The number of carbonyl (C=O) groups excluding carboxylic acids is 1. The second-order valence-electron chi connectivity index (χ2n) is 7.17. The Bertz CT molecular complexity index is 424. The minimum absolute atomic E-state index is 0.00968. The number of carbonyl (C=O) groups is 1. The van der Waals surface area contributed by atoms with Crippen molar-refractivity contribution in [2.24, 2.45) is 0 Å². The van der Waals surface area contributed by atoms with Gasteiger partial charge in [-0.3, -0.25) is 4.79 Å². The Morgan fingerprint density at radius 1 is 1.00 bits per heavy atom. The minimum Gasteiger partial charge on any atom is -0.486 e. The summed E-state index contributed by atoms with van der Waals surface area (Å²) < 4.78 is 5.76. The average Bonchev–Trinajstić information content (AvgIpc) is 2.23. The fraction of sp³-hybridized carbons (Fsp3) is 0.588. The standard InChI is InChI=1S/C17H26O2/c1-12-10-13(16(2,3)4)15(19-9-8-18)14(11-12)17(5,6)7/h8,10-11H,9H2,1-7H3. The van der Waals surface area contributed by atoms with Crippen molar-refractivity contribution < 1.29 is 9.53 Å². The first-order chi connectivity index (χ1) is 8.57. The van der Waals surface area contributed by atoms with Crippen LogP contribution in [-0.4, -0.2) is 12.9 Å². The Morgan fingerprint density at radius 2 is 1.42 bits per heavy atom. The van der Waals surface area contributed by atoms with Gasteiger partial charge in [0.1, 0.15) is 12.4 Å². The molecule has 19 heavy (non-hydrogen) atoms. The highest BCUT2D eigenvalue weighted by molar-refractivity contribution is 5.55. The number of benzene rings is 1. The van der Waals surface area contributed by atoms with Crippen molar-refractivity contribution in [3.8, 4) is 5.75 Å². The van der Waals surface area contributed by atoms with Gasteiger partial charge in [0, 0.05) is 11.1 Å². The molecule has 0 heterocycles. The third kappa shape index (κ3) is 3.82. The quantitative estimate of drug-likeness (QED) is 0.764. The number of aldehydes is 1. The summed E-state index contributed by atoms with van der Waals surface area (Å²) in [5.74, 6) is 0.873. The van der Waals surface area contributed by atoms with Crippen molar-refractivity contribution in [2.45, 2.75) is 59.3 Å². The lowest BCUT2D eigenvalue weighted by molar-refractivity contribution is -0.109. The van der Waals surface area contributed by atoms with E-state index in [2.05, 4.69) is 60.6 Å². The summed E-state index contributed by atoms with van der Waals surface area (Å²) in [5.41, 5.74) is 3.54. The second kappa shape index (κ2) is 5.36. The Hall–Kier alpha value is -1.31. The molecule has 0 saturated heterocycles. The Balaban J connectivity index is 3.53. The van der Waals surface area contributed by atoms with E-state index in [0.717, 1.165) is 12.0 Å². The Labute approximate surface area is 117 Å². The molecule has 0 aliphatic rings. The van der Waals surface area contributed by atoms with E-state index in [4.69, 9.17) is 4.74 Å². The third-order valence-electron chi connectivity index (χ3n) is 3.15. The van der Waals surface area contributed by atoms with Crippen molar-refractivity contribution in [2.75, 3.05) is 6.61 Å². The van der Waals surface area contributed by atoms with Crippen LogP contribution in [0.4, 0.5) is 0 Å². The Morgan fingerprint density at radius 3 is 1.74 bits per heavy atom. The molecule has 0 saturated carbocycles. The number of aryl methyl sites for hydroxylation is 1. The highest BCUT2D eigenvalue weighted by Gasteiger charge is 2.27. The molecule has 0 amide bonds. The summed E-state index contributed by atoms with van der Waals surface area (Å²) >= 11 is 0. The Kier molecular flexibility index (Phi) is 4.44. The molecule has 2 heteroatoms. The first-order valence-electron chi connectivity index (χ1n) is 6.79. The van der Waals surface area contributed by atoms with E-state index in [0.29, 0.717) is 0 Å². The van der Waals surface area contributed by atoms with E-state index in [1.807, 2.05) is 0 Å². The van der Waals surface area contributed by atoms with Crippen LogP contribution < -0.4 is 4.74 Å². The van der Waals surface area contributed by atoms with Crippen LogP contribution in [0.5, 0.6) is 5.75 Å². The smallest absolute Gasteiger partial charge is 0.157 e. The molecule has 1 aromatic carbocycles. The molecular formula is C17H26O2. The lowest BCUT2D eigenvalue weighted by Crippen LogP contribution is -2.20. The molecule has 0 atom stereocenters. The first-order valence-corrected chi connectivity index (χ1v) is 6.79. The van der Waals surface area contributed by atoms with Crippen molar-refractivity contribution in [3.05, 3.63) is 28.8 Å². The third-order valence-corrected chi connectivity index (χ3v) is 3.15. The summed E-state index contributed by atoms with van der Waals surface area (Å²) in [6.45, 7) is 15.2. The second-order valence-corrected chi connectivity index (χ2v) is 7.17. The van der Waals surface area contributed by atoms with Gasteiger partial charge in [0.25, 0.3) is 0 Å². The van der Waals surface area contributed by atoms with Crippen molar-refractivity contribution in [1.29, 1.82) is 0 Å². The highest BCUT2D eigenvalue weighted by atomic mass is 16.5. The van der Waals surface area contributed by atoms with Gasteiger partial charge in [-0.15, -0.1) is 0 Å². The molecule has 0 N–H and O–H groups in total. The van der Waals surface area contributed by atoms with Gasteiger partial charge < -0.3 is 4.74 Å². The molecule has 0 fully saturated rings. The van der Waals surface area contributed by atoms with Crippen LogP contribution in [0.1, 0.15) is 58.2 Å². The summed E-state index contributed by atoms with van der Waals surface area (Å²) in [5, 5.41) is 0. The maximum absolute atomic E-state index is 10.6. The van der Waals surface area contributed by atoms with E-state index in [9.17, 15) is 4.79 Å². The topological polar surface area (TPSA) is 26.3 Å². The monoisotopic (exact) mass is 262 g/mol. The van der Waals surface area contributed by atoms with Gasteiger partial charge in [0.15, 0.2) is 6.29 Å². The molecule has 0 radical (unpaired) electrons. The largest absolute Gasteiger partial charge is 0.486 e. The average molecular weight is 262 g/mol. The highest BCUT2D eigenvalue weighted by Crippen LogP contribution is 2.40. The molecule has 1 aromatic rings. The van der Waals surface area contributed by atoms with Crippen LogP contribution in [0.15, 0.2) is 12.1 Å². The van der Waals surface area contributed by atoms with Crippen LogP contribution in [0.3, 0.4) is 0 Å². The van der Waals surface area contributed by atoms with Crippen molar-refractivity contribution >= 4 is 6.29 Å². The predicted octanol–water partition coefficient (Wildman–Crippen LogP) is 4.17. The summed E-state index contributed by atoms with van der Waals surface area (Å²) in [4.78, 5) is 10.6. The molecule has 0 aliphatic carbocycles. The van der Waals surface area contributed by atoms with Crippen LogP contribution in [0.2, 0.25) is 0 Å². The number of ether oxygens (including phenoxy) is 1. The summed E-state index contributed by atoms with van der Waals surface area (Å²) in [6.07, 6.45) is 0.804. The van der Waals surface area contributed by atoms with Crippen LogP contribution in [0.25, 0.3) is 0 Å². The zero-order chi connectivity index (χ0) is 14.8. The maximum Gasteiger partial charge on any atom is 0.157 e. The van der Waals surface area contributed by atoms with E-state index < -0.39 is 0 Å². The first kappa shape index (κ1) is 15.7. The van der Waals surface area contributed by atoms with Gasteiger partial charge in [-0.05, 0) is 17.8 Å². The SMILES string of the molecule is Cc1cc(C(C)(C)C)c(OCC=O)c(C(C)(C)C)c1. The van der Waals surface area contributed by atoms with E-state index in [1.54, 1.807) is 0 Å². The van der Waals surface area contributed by atoms with Crippen LogP contribution in [0, 0.1) is 6.92 Å². The van der Waals surface area contributed by atoms with Gasteiger partial charge in [0.2, 0.25) is 0 Å². The van der Waals surface area contributed by atoms with Crippen LogP contribution in [-0.2, 0) is 15.6 Å². The number of rotatable bonds is 3. The minimum atomic E-state index is -0.00968. The zero-order valence-corrected chi connectivity index (χ0v) is 13.3. The van der Waals surface area contributed by atoms with Gasteiger partial charge in [0.05, 0.1) is 0 Å². The molecule has 0 unspecified atom stereocenters. The van der Waals surface area contributed by atoms with Crippen LogP contribution >= 0.6 is 0 Å². The molecule has 0 bridgehead atoms. The molecule has 1 rings (SSSR count). The maximum atomic E-state index is 10.6. The van der Waals surface area contributed by atoms with E-state index in [1.165, 1.54) is 16.7 Å². The van der Waals surface area contributed by atoms with Crippen molar-refractivity contribution in [3.63, 3.8) is 0 Å². The summed E-state index contributed by atoms with van der Waals surface area (Å²) in [7, 11) is 0. The lowest BCUT2D eigenvalue weighted by atomic mass is 9.78. The summed E-state index contributed by atoms with van der Waals surface area (Å²) in [6, 6.07) is 4.32. The molecule has 0 spiro atoms. The van der Waals surface area contributed by atoms with E-state index in [-0.39, 0.29) is 17.4 Å². The molecule has 0 aliphatic heterocycles. The van der Waals surface area contributed by atoms with Gasteiger partial charge >= 0.3 is 0 Å². The molecule has 106 valence electrons. The number of hydrogen-bond donors (Lipinski definition) is 0. The van der Waals surface area contributed by atoms with E-state index >= 15 is 0 Å². The molecule has 0 aromatic heterocycles. The number of hydrogen-bond acceptors (Lipinski definition) is 2. The predicted molar refractivity (Wildman–Crippen MR) is 80.1 cm³/mol. The molecular weight excluding hydrogens is 236 g/mol.